The van der Waals surface area contributed by atoms with Gasteiger partial charge in [-0.25, -0.2) is 9.97 Å². The van der Waals surface area contributed by atoms with Crippen LogP contribution in [0.15, 0.2) is 24.5 Å². The van der Waals surface area contributed by atoms with Crippen LogP contribution < -0.4 is 20.5 Å². The van der Waals surface area contributed by atoms with E-state index in [4.69, 9.17) is 20.6 Å². The summed E-state index contributed by atoms with van der Waals surface area (Å²) in [6.07, 6.45) is 4.93. The molecule has 0 atom stereocenters. The van der Waals surface area contributed by atoms with Crippen molar-refractivity contribution < 1.29 is 9.47 Å². The minimum atomic E-state index is 0.224. The summed E-state index contributed by atoms with van der Waals surface area (Å²) in [7, 11) is 5.33. The average molecular weight is 399 g/mol. The third-order valence-electron chi connectivity index (χ3n) is 5.45. The highest BCUT2D eigenvalue weighted by molar-refractivity contribution is 6.16. The van der Waals surface area contributed by atoms with E-state index in [9.17, 15) is 0 Å². The van der Waals surface area contributed by atoms with E-state index < -0.39 is 0 Å². The SMILES string of the molecule is COc1cc(OC)cc(C(=N)c2c(N)ncnc2NCCC2CCN(C)CC2)c1. The molecule has 0 unspecified atom stereocenters. The summed E-state index contributed by atoms with van der Waals surface area (Å²) >= 11 is 0. The number of nitrogen functional groups attached to an aromatic ring is 1. The Morgan fingerprint density at radius 2 is 1.83 bits per heavy atom. The van der Waals surface area contributed by atoms with Gasteiger partial charge in [0.15, 0.2) is 0 Å². The summed E-state index contributed by atoms with van der Waals surface area (Å²) in [6.45, 7) is 3.09. The first-order valence-corrected chi connectivity index (χ1v) is 9.87. The van der Waals surface area contributed by atoms with Gasteiger partial charge in [-0.3, -0.25) is 5.41 Å². The summed E-state index contributed by atoms with van der Waals surface area (Å²) < 4.78 is 10.7. The molecule has 0 spiro atoms. The maximum absolute atomic E-state index is 8.73. The molecular formula is C21H30N6O2. The Hall–Kier alpha value is -2.87. The molecule has 1 aromatic heterocycles. The first kappa shape index (κ1) is 20.9. The van der Waals surface area contributed by atoms with E-state index in [2.05, 4.69) is 27.2 Å². The third-order valence-corrected chi connectivity index (χ3v) is 5.45. The van der Waals surface area contributed by atoms with Crippen LogP contribution >= 0.6 is 0 Å². The van der Waals surface area contributed by atoms with E-state index in [1.165, 1.54) is 19.2 Å². The molecule has 2 heterocycles. The lowest BCUT2D eigenvalue weighted by Crippen LogP contribution is -2.31. The van der Waals surface area contributed by atoms with Crippen LogP contribution in [0.5, 0.6) is 11.5 Å². The number of benzene rings is 1. The monoisotopic (exact) mass is 398 g/mol. The zero-order valence-corrected chi connectivity index (χ0v) is 17.4. The number of ether oxygens (including phenoxy) is 2. The van der Waals surface area contributed by atoms with Gasteiger partial charge in [-0.1, -0.05) is 0 Å². The Labute approximate surface area is 171 Å². The minimum Gasteiger partial charge on any atom is -0.497 e. The van der Waals surface area contributed by atoms with Crippen molar-refractivity contribution in [3.05, 3.63) is 35.7 Å². The number of rotatable bonds is 8. The number of piperidine rings is 1. The molecule has 0 amide bonds. The Morgan fingerprint density at radius 1 is 1.17 bits per heavy atom. The first-order valence-electron chi connectivity index (χ1n) is 9.87. The van der Waals surface area contributed by atoms with Gasteiger partial charge in [0, 0.05) is 18.2 Å². The third kappa shape index (κ3) is 5.14. The lowest BCUT2D eigenvalue weighted by Gasteiger charge is -2.29. The van der Waals surface area contributed by atoms with Crippen molar-refractivity contribution in [2.45, 2.75) is 19.3 Å². The van der Waals surface area contributed by atoms with E-state index in [-0.39, 0.29) is 11.5 Å². The standard InChI is InChI=1S/C21H30N6O2/c1-27-8-5-14(6-9-27)4-7-24-21-18(20(23)25-13-26-21)19(22)15-10-16(28-2)12-17(11-15)29-3/h10-14,22H,4-9H2,1-3H3,(H3,23,24,25,26). The van der Waals surface area contributed by atoms with Gasteiger partial charge in [-0.2, -0.15) is 0 Å². The topological polar surface area (TPSA) is 109 Å². The lowest BCUT2D eigenvalue weighted by atomic mass is 9.94. The predicted octanol–water partition coefficient (Wildman–Crippen LogP) is 2.64. The molecule has 2 aromatic rings. The van der Waals surface area contributed by atoms with Crippen molar-refractivity contribution in [1.82, 2.24) is 14.9 Å². The van der Waals surface area contributed by atoms with Crippen molar-refractivity contribution >= 4 is 17.3 Å². The molecule has 0 aliphatic carbocycles. The molecular weight excluding hydrogens is 368 g/mol. The number of nitrogens with zero attached hydrogens (tertiary/aromatic N) is 3. The van der Waals surface area contributed by atoms with E-state index >= 15 is 0 Å². The van der Waals surface area contributed by atoms with Gasteiger partial charge in [0.25, 0.3) is 0 Å². The van der Waals surface area contributed by atoms with Gasteiger partial charge in [0.1, 0.15) is 29.5 Å². The van der Waals surface area contributed by atoms with Crippen molar-refractivity contribution in [2.75, 3.05) is 52.0 Å². The van der Waals surface area contributed by atoms with Crippen LogP contribution in [-0.2, 0) is 0 Å². The second kappa shape index (κ2) is 9.56. The Balaban J connectivity index is 1.76. The van der Waals surface area contributed by atoms with Gasteiger partial charge in [0.05, 0.1) is 25.5 Å². The van der Waals surface area contributed by atoms with E-state index in [0.29, 0.717) is 34.4 Å². The van der Waals surface area contributed by atoms with Gasteiger partial charge < -0.3 is 25.4 Å². The number of hydrogen-bond donors (Lipinski definition) is 3. The summed E-state index contributed by atoms with van der Waals surface area (Å²) in [5, 5.41) is 12.1. The Bertz CT molecular complexity index is 827. The highest BCUT2D eigenvalue weighted by Gasteiger charge is 2.19. The fraction of sp³-hybridized carbons (Fsp3) is 0.476. The maximum Gasteiger partial charge on any atom is 0.141 e. The maximum atomic E-state index is 8.73. The first-order chi connectivity index (χ1) is 14.0. The summed E-state index contributed by atoms with van der Waals surface area (Å²) in [5.41, 5.74) is 7.47. The van der Waals surface area contributed by atoms with Crippen molar-refractivity contribution in [2.24, 2.45) is 5.92 Å². The largest absolute Gasteiger partial charge is 0.497 e. The highest BCUT2D eigenvalue weighted by Crippen LogP contribution is 2.28. The number of nitrogens with one attached hydrogen (secondary N) is 2. The molecule has 29 heavy (non-hydrogen) atoms. The molecule has 8 heteroatoms. The second-order valence-corrected chi connectivity index (χ2v) is 7.42. The summed E-state index contributed by atoms with van der Waals surface area (Å²) in [4.78, 5) is 10.8. The molecule has 1 aliphatic heterocycles. The molecule has 0 bridgehead atoms. The van der Waals surface area contributed by atoms with E-state index in [1.54, 1.807) is 32.4 Å². The molecule has 156 valence electrons. The van der Waals surface area contributed by atoms with Crippen LogP contribution in [0.1, 0.15) is 30.4 Å². The molecule has 1 saturated heterocycles. The van der Waals surface area contributed by atoms with Crippen LogP contribution in [-0.4, -0.2) is 61.5 Å². The van der Waals surface area contributed by atoms with E-state index in [1.807, 2.05) is 0 Å². The summed E-state index contributed by atoms with van der Waals surface area (Å²) in [6, 6.07) is 5.32. The predicted molar refractivity (Wildman–Crippen MR) is 115 cm³/mol. The van der Waals surface area contributed by atoms with Gasteiger partial charge in [0.2, 0.25) is 0 Å². The average Bonchev–Trinajstić information content (AvgIpc) is 2.74. The molecule has 1 fully saturated rings. The van der Waals surface area contributed by atoms with Crippen LogP contribution in [0.25, 0.3) is 0 Å². The number of anilines is 2. The summed E-state index contributed by atoms with van der Waals surface area (Å²) in [5.74, 6) is 2.78. The van der Waals surface area contributed by atoms with Gasteiger partial charge >= 0.3 is 0 Å². The van der Waals surface area contributed by atoms with Crippen LogP contribution in [0.2, 0.25) is 0 Å². The highest BCUT2D eigenvalue weighted by atomic mass is 16.5. The number of nitrogens with two attached hydrogens (primary N) is 1. The number of methoxy groups -OCH3 is 2. The number of likely N-dealkylation sites (tertiary alicyclic amines) is 1. The minimum absolute atomic E-state index is 0.224. The van der Waals surface area contributed by atoms with Crippen molar-refractivity contribution in [1.29, 1.82) is 5.41 Å². The fourth-order valence-corrected chi connectivity index (χ4v) is 3.62. The smallest absolute Gasteiger partial charge is 0.141 e. The molecule has 0 radical (unpaired) electrons. The quantitative estimate of drug-likeness (QED) is 0.586. The zero-order valence-electron chi connectivity index (χ0n) is 17.4. The van der Waals surface area contributed by atoms with Crippen LogP contribution in [0.4, 0.5) is 11.6 Å². The lowest BCUT2D eigenvalue weighted by molar-refractivity contribution is 0.215. The molecule has 0 saturated carbocycles. The van der Waals surface area contributed by atoms with Crippen molar-refractivity contribution in [3.63, 3.8) is 0 Å². The molecule has 3 rings (SSSR count). The molecule has 8 nitrogen and oxygen atoms in total. The molecule has 1 aromatic carbocycles. The number of hydrogen-bond acceptors (Lipinski definition) is 8. The zero-order chi connectivity index (χ0) is 20.8. The Kier molecular flexibility index (Phi) is 6.87. The second-order valence-electron chi connectivity index (χ2n) is 7.42. The fourth-order valence-electron chi connectivity index (χ4n) is 3.62. The van der Waals surface area contributed by atoms with Crippen LogP contribution in [0.3, 0.4) is 0 Å². The molecule has 1 aliphatic rings. The van der Waals surface area contributed by atoms with Gasteiger partial charge in [-0.05, 0) is 57.5 Å². The van der Waals surface area contributed by atoms with Crippen LogP contribution in [0, 0.1) is 11.3 Å². The normalized spacial score (nSPS) is 15.1. The van der Waals surface area contributed by atoms with Gasteiger partial charge in [-0.15, -0.1) is 0 Å². The van der Waals surface area contributed by atoms with E-state index in [0.717, 1.165) is 26.1 Å². The van der Waals surface area contributed by atoms with Crippen molar-refractivity contribution in [3.8, 4) is 11.5 Å². The Morgan fingerprint density at radius 3 is 2.45 bits per heavy atom. The number of aromatic nitrogens is 2. The molecule has 4 N–H and O–H groups in total.